The largest absolute Gasteiger partial charge is 0.383 e. The van der Waals surface area contributed by atoms with Gasteiger partial charge < -0.3 is 10.1 Å². The number of nitrogens with one attached hydrogen (secondary N) is 1. The third kappa shape index (κ3) is 5.11. The number of hydrogen-bond acceptors (Lipinski definition) is 8. The normalized spacial score (nSPS) is 11.2. The van der Waals surface area contributed by atoms with Crippen molar-refractivity contribution in [3.63, 3.8) is 0 Å². The van der Waals surface area contributed by atoms with Gasteiger partial charge in [-0.15, -0.1) is 4.91 Å². The minimum atomic E-state index is -2.55. The molecule has 4 rings (SSSR count). The summed E-state index contributed by atoms with van der Waals surface area (Å²) in [5, 5.41) is 14.8. The molecule has 4 aromatic rings. The molecule has 0 aliphatic carbocycles. The maximum absolute atomic E-state index is 13.0. The van der Waals surface area contributed by atoms with Crippen molar-refractivity contribution in [2.45, 2.75) is 33.7 Å². The van der Waals surface area contributed by atoms with E-state index in [1.54, 1.807) is 43.8 Å². The van der Waals surface area contributed by atoms with Gasteiger partial charge in [0.25, 0.3) is 6.43 Å². The SMILES string of the molecule is COCCn1nc(-c2ccc(C(F)F)cc2)c(C)c1Nc1cc(-n2nc(C)c(C(=O)N=O)c2C)ncn1. The number of aryl methyl sites for hydroxylation is 1. The van der Waals surface area contributed by atoms with Crippen LogP contribution in [0.4, 0.5) is 20.4 Å². The number of anilines is 2. The number of amides is 1. The molecular formula is C24H24F2N8O3. The number of aromatic nitrogens is 6. The van der Waals surface area contributed by atoms with E-state index in [2.05, 4.69) is 30.7 Å². The average Bonchev–Trinajstić information content (AvgIpc) is 3.37. The number of nitroso groups, excluding NO2 is 1. The molecule has 0 spiro atoms. The number of carbonyl (C=O) groups excluding carboxylic acids is 1. The van der Waals surface area contributed by atoms with Crippen LogP contribution in [-0.4, -0.2) is 49.2 Å². The lowest BCUT2D eigenvalue weighted by Gasteiger charge is -2.11. The van der Waals surface area contributed by atoms with Crippen LogP contribution in [0.15, 0.2) is 41.8 Å². The third-order valence-electron chi connectivity index (χ3n) is 5.84. The van der Waals surface area contributed by atoms with Crippen molar-refractivity contribution in [3.8, 4) is 17.1 Å². The summed E-state index contributed by atoms with van der Waals surface area (Å²) in [6, 6.07) is 7.61. The van der Waals surface area contributed by atoms with Gasteiger partial charge in [0, 0.05) is 35.0 Å². The molecule has 0 saturated heterocycles. The Bertz CT molecular complexity index is 1450. The van der Waals surface area contributed by atoms with Crippen LogP contribution >= 0.6 is 0 Å². The fraction of sp³-hybridized carbons (Fsp3) is 0.292. The first-order valence-corrected chi connectivity index (χ1v) is 11.2. The maximum Gasteiger partial charge on any atom is 0.320 e. The minimum Gasteiger partial charge on any atom is -0.383 e. The van der Waals surface area contributed by atoms with Gasteiger partial charge in [-0.05, 0) is 20.8 Å². The summed E-state index contributed by atoms with van der Waals surface area (Å²) in [5.41, 5.74) is 2.92. The van der Waals surface area contributed by atoms with Gasteiger partial charge in [0.2, 0.25) is 0 Å². The van der Waals surface area contributed by atoms with E-state index in [0.29, 0.717) is 53.3 Å². The fourth-order valence-corrected chi connectivity index (χ4v) is 3.98. The number of methoxy groups -OCH3 is 1. The van der Waals surface area contributed by atoms with Crippen LogP contribution in [0.2, 0.25) is 0 Å². The standard InChI is InChI=1S/C24H24F2N8O3/c1-13-21(16-5-7-17(8-6-16)22(25)26)31-33(9-10-37-4)23(13)29-18-11-19(28-12-27-18)34-15(3)20(14(2)30-34)24(35)32-36/h5-8,11-12,22H,9-10H2,1-4H3,(H,27,28,29). The fourth-order valence-electron chi connectivity index (χ4n) is 3.98. The smallest absolute Gasteiger partial charge is 0.320 e. The number of carbonyl (C=O) groups is 1. The van der Waals surface area contributed by atoms with Gasteiger partial charge in [0.05, 0.1) is 35.8 Å². The Morgan fingerprint density at radius 1 is 1.14 bits per heavy atom. The van der Waals surface area contributed by atoms with Crippen LogP contribution in [0.1, 0.15) is 39.3 Å². The third-order valence-corrected chi connectivity index (χ3v) is 5.84. The molecule has 0 atom stereocenters. The molecule has 13 heteroatoms. The Labute approximate surface area is 210 Å². The van der Waals surface area contributed by atoms with Crippen LogP contribution in [0.5, 0.6) is 0 Å². The van der Waals surface area contributed by atoms with Gasteiger partial charge in [-0.25, -0.2) is 28.1 Å². The van der Waals surface area contributed by atoms with E-state index in [1.807, 2.05) is 6.92 Å². The van der Waals surface area contributed by atoms with E-state index in [1.165, 1.54) is 23.1 Å². The number of halogens is 2. The van der Waals surface area contributed by atoms with Gasteiger partial charge in [0.1, 0.15) is 18.0 Å². The van der Waals surface area contributed by atoms with Crippen molar-refractivity contribution in [3.05, 3.63) is 69.6 Å². The molecule has 0 radical (unpaired) electrons. The van der Waals surface area contributed by atoms with Crippen LogP contribution in [0.3, 0.4) is 0 Å². The van der Waals surface area contributed by atoms with E-state index in [0.717, 1.165) is 5.56 Å². The first-order valence-electron chi connectivity index (χ1n) is 11.2. The Balaban J connectivity index is 1.71. The Morgan fingerprint density at radius 3 is 2.51 bits per heavy atom. The van der Waals surface area contributed by atoms with E-state index in [9.17, 15) is 18.5 Å². The second kappa shape index (κ2) is 10.7. The molecular weight excluding hydrogens is 486 g/mol. The van der Waals surface area contributed by atoms with Crippen molar-refractivity contribution in [1.29, 1.82) is 0 Å². The number of alkyl halides is 2. The zero-order valence-corrected chi connectivity index (χ0v) is 20.6. The molecule has 0 fully saturated rings. The molecule has 0 bridgehead atoms. The minimum absolute atomic E-state index is 0.0648. The maximum atomic E-state index is 13.0. The predicted molar refractivity (Wildman–Crippen MR) is 131 cm³/mol. The number of hydrogen-bond donors (Lipinski definition) is 1. The number of benzene rings is 1. The molecule has 1 amide bonds. The summed E-state index contributed by atoms with van der Waals surface area (Å²) >= 11 is 0. The van der Waals surface area contributed by atoms with Crippen molar-refractivity contribution in [2.24, 2.45) is 5.18 Å². The molecule has 1 aromatic carbocycles. The molecule has 0 saturated carbocycles. The number of ether oxygens (including phenoxy) is 1. The van der Waals surface area contributed by atoms with Gasteiger partial charge in [-0.2, -0.15) is 10.2 Å². The van der Waals surface area contributed by atoms with Crippen LogP contribution in [-0.2, 0) is 11.3 Å². The highest BCUT2D eigenvalue weighted by Gasteiger charge is 2.22. The molecule has 192 valence electrons. The zero-order chi connectivity index (χ0) is 26.7. The van der Waals surface area contributed by atoms with Crippen LogP contribution in [0.25, 0.3) is 17.1 Å². The number of rotatable bonds is 9. The van der Waals surface area contributed by atoms with Crippen molar-refractivity contribution in [2.75, 3.05) is 19.0 Å². The topological polar surface area (TPSA) is 129 Å². The van der Waals surface area contributed by atoms with Crippen molar-refractivity contribution in [1.82, 2.24) is 29.5 Å². The summed E-state index contributed by atoms with van der Waals surface area (Å²) in [6.45, 7) is 5.93. The second-order valence-electron chi connectivity index (χ2n) is 8.20. The summed E-state index contributed by atoms with van der Waals surface area (Å²) in [7, 11) is 1.58. The molecule has 3 heterocycles. The van der Waals surface area contributed by atoms with Gasteiger partial charge in [-0.3, -0.25) is 4.79 Å². The van der Waals surface area contributed by atoms with E-state index < -0.39 is 12.3 Å². The second-order valence-corrected chi connectivity index (χ2v) is 8.20. The van der Waals surface area contributed by atoms with E-state index in [-0.39, 0.29) is 11.1 Å². The summed E-state index contributed by atoms with van der Waals surface area (Å²) in [4.78, 5) is 31.2. The average molecular weight is 511 g/mol. The molecule has 37 heavy (non-hydrogen) atoms. The Hall–Kier alpha value is -4.39. The van der Waals surface area contributed by atoms with Crippen LogP contribution in [0, 0.1) is 25.7 Å². The van der Waals surface area contributed by atoms with E-state index >= 15 is 0 Å². The first-order chi connectivity index (χ1) is 17.7. The lowest BCUT2D eigenvalue weighted by Crippen LogP contribution is -2.11. The highest BCUT2D eigenvalue weighted by molar-refractivity contribution is 5.97. The Kier molecular flexibility index (Phi) is 7.43. The summed E-state index contributed by atoms with van der Waals surface area (Å²) in [5.74, 6) is 0.510. The zero-order valence-electron chi connectivity index (χ0n) is 20.6. The Morgan fingerprint density at radius 2 is 1.86 bits per heavy atom. The summed E-state index contributed by atoms with van der Waals surface area (Å²) < 4.78 is 34.4. The van der Waals surface area contributed by atoms with Crippen molar-refractivity contribution >= 4 is 17.5 Å². The number of nitrogens with zero attached hydrogens (tertiary/aromatic N) is 7. The highest BCUT2D eigenvalue weighted by atomic mass is 19.3. The van der Waals surface area contributed by atoms with Gasteiger partial charge in [0.15, 0.2) is 5.82 Å². The predicted octanol–water partition coefficient (Wildman–Crippen LogP) is 4.69. The summed E-state index contributed by atoms with van der Waals surface area (Å²) in [6.07, 6.45) is -1.22. The molecule has 3 aromatic heterocycles. The molecule has 11 nitrogen and oxygen atoms in total. The highest BCUT2D eigenvalue weighted by Crippen LogP contribution is 2.31. The van der Waals surface area contributed by atoms with Crippen molar-refractivity contribution < 1.29 is 18.3 Å². The molecule has 0 aliphatic heterocycles. The molecule has 1 N–H and O–H groups in total. The lowest BCUT2D eigenvalue weighted by molar-refractivity contribution is 0.0999. The quantitative estimate of drug-likeness (QED) is 0.321. The monoisotopic (exact) mass is 510 g/mol. The van der Waals surface area contributed by atoms with Crippen LogP contribution < -0.4 is 5.32 Å². The van der Waals surface area contributed by atoms with Gasteiger partial charge in [-0.1, -0.05) is 24.3 Å². The molecule has 0 aliphatic rings. The molecule has 0 unspecified atom stereocenters. The first kappa shape index (κ1) is 25.7. The lowest BCUT2D eigenvalue weighted by atomic mass is 10.1. The van der Waals surface area contributed by atoms with E-state index in [4.69, 9.17) is 4.74 Å². The van der Waals surface area contributed by atoms with Gasteiger partial charge >= 0.3 is 5.91 Å².